The van der Waals surface area contributed by atoms with E-state index >= 15 is 0 Å². The highest BCUT2D eigenvalue weighted by atomic mass is 32.2. The van der Waals surface area contributed by atoms with Crippen molar-refractivity contribution in [1.29, 1.82) is 0 Å². The maximum Gasteiger partial charge on any atom is 0.326 e. The summed E-state index contributed by atoms with van der Waals surface area (Å²) >= 11 is 0. The number of rotatable bonds is 4. The standard InChI is InChI=1S/C6H7N3O5S/c1-3-5(9(12)13)6(8-7-3)15(14)2-4(10)11/h2H2,1H3,(H,7,8)(H,10,11)/t15-/m0/s1. The minimum atomic E-state index is -2.01. The molecule has 1 rings (SSSR count). The first-order valence-corrected chi connectivity index (χ1v) is 5.05. The van der Waals surface area contributed by atoms with Gasteiger partial charge in [-0.2, -0.15) is 5.10 Å². The summed E-state index contributed by atoms with van der Waals surface area (Å²) in [6, 6.07) is 0. The summed E-state index contributed by atoms with van der Waals surface area (Å²) in [5.74, 6) is -2.01. The third-order valence-corrected chi connectivity index (χ3v) is 2.76. The Kier molecular flexibility index (Phi) is 3.14. The number of nitrogens with one attached hydrogen (secondary N) is 1. The number of hydrogen-bond acceptors (Lipinski definition) is 5. The maximum absolute atomic E-state index is 11.3. The summed E-state index contributed by atoms with van der Waals surface area (Å²) in [5.41, 5.74) is -0.275. The van der Waals surface area contributed by atoms with Crippen LogP contribution in [0.5, 0.6) is 0 Å². The van der Waals surface area contributed by atoms with E-state index < -0.39 is 33.1 Å². The van der Waals surface area contributed by atoms with E-state index in [0.717, 1.165) is 0 Å². The van der Waals surface area contributed by atoms with Crippen molar-refractivity contribution in [3.05, 3.63) is 15.8 Å². The van der Waals surface area contributed by atoms with Crippen molar-refractivity contribution >= 4 is 22.5 Å². The molecule has 0 saturated heterocycles. The maximum atomic E-state index is 11.3. The predicted octanol–water partition coefficient (Wildman–Crippen LogP) is -0.181. The topological polar surface area (TPSA) is 126 Å². The summed E-state index contributed by atoms with van der Waals surface area (Å²) in [7, 11) is -2.01. The number of carbonyl (C=O) groups is 1. The molecule has 0 aromatic carbocycles. The van der Waals surface area contributed by atoms with Gasteiger partial charge in [0, 0.05) is 0 Å². The highest BCUT2D eigenvalue weighted by molar-refractivity contribution is 7.85. The van der Waals surface area contributed by atoms with E-state index in [1.54, 1.807) is 0 Å². The molecule has 8 nitrogen and oxygen atoms in total. The molecule has 9 heteroatoms. The lowest BCUT2D eigenvalue weighted by atomic mass is 10.4. The molecule has 0 spiro atoms. The minimum absolute atomic E-state index is 0.147. The van der Waals surface area contributed by atoms with Gasteiger partial charge in [-0.3, -0.25) is 24.2 Å². The monoisotopic (exact) mass is 233 g/mol. The fraction of sp³-hybridized carbons (Fsp3) is 0.333. The Morgan fingerprint density at radius 3 is 2.80 bits per heavy atom. The Bertz CT molecular complexity index is 440. The Labute approximate surface area is 85.9 Å². The number of H-pyrrole nitrogens is 1. The van der Waals surface area contributed by atoms with E-state index in [-0.39, 0.29) is 10.7 Å². The first-order valence-electron chi connectivity index (χ1n) is 3.73. The van der Waals surface area contributed by atoms with Crippen molar-refractivity contribution < 1.29 is 19.0 Å². The molecular formula is C6H7N3O5S. The molecule has 0 aliphatic rings. The number of nitro groups is 1. The number of carboxylic acids is 1. The first kappa shape index (κ1) is 11.3. The Hall–Kier alpha value is -1.77. The zero-order valence-corrected chi connectivity index (χ0v) is 8.41. The average molecular weight is 233 g/mol. The van der Waals surface area contributed by atoms with Crippen molar-refractivity contribution in [2.45, 2.75) is 11.9 Å². The van der Waals surface area contributed by atoms with Gasteiger partial charge in [0.25, 0.3) is 0 Å². The predicted molar refractivity (Wildman–Crippen MR) is 48.9 cm³/mol. The molecule has 1 heterocycles. The third kappa shape index (κ3) is 2.37. The fourth-order valence-corrected chi connectivity index (χ4v) is 1.91. The number of carboxylic acid groups (broad SMARTS) is 1. The van der Waals surface area contributed by atoms with Gasteiger partial charge in [-0.05, 0) is 6.92 Å². The molecule has 2 N–H and O–H groups in total. The number of aryl methyl sites for hydroxylation is 1. The van der Waals surface area contributed by atoms with Gasteiger partial charge in [0.1, 0.15) is 11.4 Å². The number of aromatic amines is 1. The molecule has 0 aliphatic heterocycles. The Morgan fingerprint density at radius 2 is 2.33 bits per heavy atom. The molecule has 0 unspecified atom stereocenters. The third-order valence-electron chi connectivity index (χ3n) is 1.54. The largest absolute Gasteiger partial charge is 0.481 e. The molecule has 0 fully saturated rings. The normalized spacial score (nSPS) is 12.3. The molecule has 1 atom stereocenters. The van der Waals surface area contributed by atoms with Gasteiger partial charge in [0.05, 0.1) is 15.7 Å². The summed E-state index contributed by atoms with van der Waals surface area (Å²) in [5, 5.41) is 24.4. The van der Waals surface area contributed by atoms with E-state index in [4.69, 9.17) is 5.11 Å². The van der Waals surface area contributed by atoms with Gasteiger partial charge in [-0.1, -0.05) is 0 Å². The van der Waals surface area contributed by atoms with Crippen LogP contribution in [-0.2, 0) is 15.6 Å². The van der Waals surface area contributed by atoms with Gasteiger partial charge in [0.15, 0.2) is 0 Å². The average Bonchev–Trinajstić information content (AvgIpc) is 2.45. The van der Waals surface area contributed by atoms with E-state index in [9.17, 15) is 19.1 Å². The molecule has 82 valence electrons. The van der Waals surface area contributed by atoms with Crippen LogP contribution in [0.4, 0.5) is 5.69 Å². The second kappa shape index (κ2) is 4.17. The van der Waals surface area contributed by atoms with Crippen molar-refractivity contribution in [2.75, 3.05) is 5.75 Å². The van der Waals surface area contributed by atoms with E-state index in [2.05, 4.69) is 10.2 Å². The van der Waals surface area contributed by atoms with E-state index in [1.165, 1.54) is 6.92 Å². The minimum Gasteiger partial charge on any atom is -0.481 e. The second-order valence-electron chi connectivity index (χ2n) is 2.64. The lowest BCUT2D eigenvalue weighted by molar-refractivity contribution is -0.388. The Balaban J connectivity index is 3.09. The van der Waals surface area contributed by atoms with Crippen LogP contribution in [0.15, 0.2) is 5.03 Å². The lowest BCUT2D eigenvalue weighted by Gasteiger charge is -1.93. The second-order valence-corrected chi connectivity index (χ2v) is 4.01. The SMILES string of the molecule is Cc1[nH]nc([S@@](=O)CC(=O)O)c1[N+](=O)[O-]. The molecule has 0 amide bonds. The van der Waals surface area contributed by atoms with Crippen molar-refractivity contribution in [1.82, 2.24) is 10.2 Å². The molecule has 0 saturated carbocycles. The van der Waals surface area contributed by atoms with Gasteiger partial charge >= 0.3 is 11.7 Å². The molecule has 15 heavy (non-hydrogen) atoms. The van der Waals surface area contributed by atoms with Crippen molar-refractivity contribution in [3.8, 4) is 0 Å². The van der Waals surface area contributed by atoms with Crippen molar-refractivity contribution in [2.24, 2.45) is 0 Å². The van der Waals surface area contributed by atoms with Gasteiger partial charge in [-0.15, -0.1) is 0 Å². The number of aliphatic carboxylic acids is 1. The first-order chi connectivity index (χ1) is 6.93. The van der Waals surface area contributed by atoms with Gasteiger partial charge in [0.2, 0.25) is 5.03 Å². The highest BCUT2D eigenvalue weighted by Gasteiger charge is 2.27. The number of hydrogen-bond donors (Lipinski definition) is 2. The fourth-order valence-electron chi connectivity index (χ4n) is 0.955. The van der Waals surface area contributed by atoms with Crippen LogP contribution in [0.3, 0.4) is 0 Å². The molecule has 0 radical (unpaired) electrons. The quantitative estimate of drug-likeness (QED) is 0.548. The summed E-state index contributed by atoms with van der Waals surface area (Å²) in [6.45, 7) is 1.40. The van der Waals surface area contributed by atoms with Crippen LogP contribution in [0, 0.1) is 17.0 Å². The Morgan fingerprint density at radius 1 is 1.73 bits per heavy atom. The zero-order valence-electron chi connectivity index (χ0n) is 7.59. The summed E-state index contributed by atoms with van der Waals surface area (Å²) in [4.78, 5) is 20.1. The molecule has 1 aromatic heterocycles. The number of aromatic nitrogens is 2. The zero-order chi connectivity index (χ0) is 11.6. The van der Waals surface area contributed by atoms with Crippen molar-refractivity contribution in [3.63, 3.8) is 0 Å². The smallest absolute Gasteiger partial charge is 0.326 e. The lowest BCUT2D eigenvalue weighted by Crippen LogP contribution is -2.10. The van der Waals surface area contributed by atoms with Crippen LogP contribution in [0.2, 0.25) is 0 Å². The van der Waals surface area contributed by atoms with Crippen LogP contribution in [0.25, 0.3) is 0 Å². The van der Waals surface area contributed by atoms with E-state index in [0.29, 0.717) is 0 Å². The van der Waals surface area contributed by atoms with Crippen LogP contribution in [-0.4, -0.2) is 36.2 Å². The molecule has 0 bridgehead atoms. The summed E-state index contributed by atoms with van der Waals surface area (Å²) < 4.78 is 11.3. The van der Waals surface area contributed by atoms with Crippen LogP contribution >= 0.6 is 0 Å². The van der Waals surface area contributed by atoms with Gasteiger partial charge < -0.3 is 5.11 Å². The van der Waals surface area contributed by atoms with Gasteiger partial charge in [-0.25, -0.2) is 0 Å². The van der Waals surface area contributed by atoms with E-state index in [1.807, 2.05) is 0 Å². The molecule has 0 aliphatic carbocycles. The molecular weight excluding hydrogens is 226 g/mol. The number of nitrogens with zero attached hydrogens (tertiary/aromatic N) is 2. The van der Waals surface area contributed by atoms with Crippen LogP contribution in [0.1, 0.15) is 5.69 Å². The molecule has 1 aromatic rings. The summed E-state index contributed by atoms with van der Waals surface area (Å²) in [6.07, 6.45) is 0. The van der Waals surface area contributed by atoms with Crippen LogP contribution < -0.4 is 0 Å². The highest BCUT2D eigenvalue weighted by Crippen LogP contribution is 2.23.